The number of amides is 1. The van der Waals surface area contributed by atoms with Crippen molar-refractivity contribution in [1.29, 1.82) is 0 Å². The summed E-state index contributed by atoms with van der Waals surface area (Å²) in [4.78, 5) is 22.5. The molecule has 0 aromatic carbocycles. The molecule has 0 radical (unpaired) electrons. The van der Waals surface area contributed by atoms with Gasteiger partial charge in [0.15, 0.2) is 5.69 Å². The van der Waals surface area contributed by atoms with Crippen molar-refractivity contribution in [3.63, 3.8) is 0 Å². The van der Waals surface area contributed by atoms with Crippen LogP contribution in [-0.4, -0.2) is 40.3 Å². The topological polar surface area (TPSA) is 104 Å². The molecule has 7 heteroatoms. The van der Waals surface area contributed by atoms with Gasteiger partial charge >= 0.3 is 5.97 Å². The fraction of sp³-hybridized carbons (Fsp3) is 0.500. The first-order chi connectivity index (χ1) is 9.07. The number of carbonyl (C=O) groups is 2. The minimum absolute atomic E-state index is 0.242. The number of carboxylic acids is 1. The molecule has 2 rings (SSSR count). The Bertz CT molecular complexity index is 482. The van der Waals surface area contributed by atoms with Crippen molar-refractivity contribution < 1.29 is 14.7 Å². The van der Waals surface area contributed by atoms with Crippen LogP contribution in [0.5, 0.6) is 0 Å². The van der Waals surface area contributed by atoms with E-state index in [-0.39, 0.29) is 11.6 Å². The number of hydrogen-bond donors (Lipinski definition) is 3. The van der Waals surface area contributed by atoms with E-state index < -0.39 is 11.4 Å². The van der Waals surface area contributed by atoms with Gasteiger partial charge in [-0.1, -0.05) is 0 Å². The van der Waals surface area contributed by atoms with Crippen LogP contribution in [0.2, 0.25) is 0 Å². The molecule has 1 saturated carbocycles. The third-order valence-electron chi connectivity index (χ3n) is 3.15. The molecule has 1 fully saturated rings. The lowest BCUT2D eigenvalue weighted by Crippen LogP contribution is -2.26. The number of hydrogen-bond acceptors (Lipinski definition) is 5. The highest BCUT2D eigenvalue weighted by Gasteiger charge is 2.50. The number of carbonyl (C=O) groups excluding carboxylic acids is 1. The van der Waals surface area contributed by atoms with Crippen LogP contribution < -0.4 is 10.6 Å². The van der Waals surface area contributed by atoms with Crippen LogP contribution >= 0.6 is 0 Å². The molecule has 1 aliphatic carbocycles. The van der Waals surface area contributed by atoms with Crippen molar-refractivity contribution in [3.05, 3.63) is 17.8 Å². The second-order valence-electron chi connectivity index (χ2n) is 4.60. The average Bonchev–Trinajstić information content (AvgIpc) is 3.18. The van der Waals surface area contributed by atoms with Crippen LogP contribution in [0.4, 0.5) is 5.82 Å². The molecule has 1 aliphatic rings. The summed E-state index contributed by atoms with van der Waals surface area (Å²) in [6.07, 6.45) is 1.36. The lowest BCUT2D eigenvalue weighted by Gasteiger charge is -2.11. The second-order valence-corrected chi connectivity index (χ2v) is 4.60. The fourth-order valence-corrected chi connectivity index (χ4v) is 1.68. The van der Waals surface area contributed by atoms with Gasteiger partial charge in [-0.2, -0.15) is 0 Å². The lowest BCUT2D eigenvalue weighted by molar-refractivity contribution is -0.142. The smallest absolute Gasteiger partial charge is 0.311 e. The second kappa shape index (κ2) is 5.21. The zero-order valence-corrected chi connectivity index (χ0v) is 10.6. The first-order valence-electron chi connectivity index (χ1n) is 6.16. The average molecular weight is 264 g/mol. The largest absolute Gasteiger partial charge is 0.481 e. The molecule has 0 aliphatic heterocycles. The van der Waals surface area contributed by atoms with Gasteiger partial charge in [0.05, 0.1) is 5.41 Å². The molecule has 0 unspecified atom stereocenters. The molecule has 19 heavy (non-hydrogen) atoms. The van der Waals surface area contributed by atoms with E-state index in [9.17, 15) is 9.59 Å². The minimum Gasteiger partial charge on any atom is -0.481 e. The van der Waals surface area contributed by atoms with Crippen molar-refractivity contribution in [2.75, 3.05) is 18.4 Å². The summed E-state index contributed by atoms with van der Waals surface area (Å²) in [7, 11) is 0. The Balaban J connectivity index is 1.92. The standard InChI is InChI=1S/C12H16N4O3/c1-2-13-10(17)8-3-4-9(16-15-8)14-7-12(5-6-12)11(18)19/h3-4H,2,5-7H2,1H3,(H,13,17)(H,14,16)(H,18,19). The number of nitrogens with one attached hydrogen (secondary N) is 2. The van der Waals surface area contributed by atoms with E-state index in [1.807, 2.05) is 6.92 Å². The van der Waals surface area contributed by atoms with Gasteiger partial charge in [-0.25, -0.2) is 0 Å². The van der Waals surface area contributed by atoms with Crippen LogP contribution in [0.25, 0.3) is 0 Å². The number of nitrogens with zero attached hydrogens (tertiary/aromatic N) is 2. The maximum absolute atomic E-state index is 11.5. The summed E-state index contributed by atoms with van der Waals surface area (Å²) < 4.78 is 0. The molecule has 0 saturated heterocycles. The number of carboxylic acid groups (broad SMARTS) is 1. The van der Waals surface area contributed by atoms with Crippen LogP contribution in [0.1, 0.15) is 30.3 Å². The van der Waals surface area contributed by atoms with Crippen LogP contribution in [-0.2, 0) is 4.79 Å². The van der Waals surface area contributed by atoms with E-state index in [1.165, 1.54) is 0 Å². The van der Waals surface area contributed by atoms with Crippen molar-refractivity contribution in [2.45, 2.75) is 19.8 Å². The Morgan fingerprint density at radius 3 is 2.58 bits per heavy atom. The summed E-state index contributed by atoms with van der Waals surface area (Å²) in [6, 6.07) is 3.18. The Morgan fingerprint density at radius 2 is 2.11 bits per heavy atom. The van der Waals surface area contributed by atoms with E-state index in [2.05, 4.69) is 20.8 Å². The Morgan fingerprint density at radius 1 is 1.37 bits per heavy atom. The molecule has 1 heterocycles. The Hall–Kier alpha value is -2.18. The number of rotatable bonds is 6. The minimum atomic E-state index is -0.785. The summed E-state index contributed by atoms with van der Waals surface area (Å²) >= 11 is 0. The highest BCUT2D eigenvalue weighted by Crippen LogP contribution is 2.45. The van der Waals surface area contributed by atoms with Gasteiger partial charge in [-0.15, -0.1) is 10.2 Å². The third kappa shape index (κ3) is 2.98. The van der Waals surface area contributed by atoms with Gasteiger partial charge < -0.3 is 15.7 Å². The maximum atomic E-state index is 11.5. The van der Waals surface area contributed by atoms with Gasteiger partial charge in [0.1, 0.15) is 5.82 Å². The molecule has 0 spiro atoms. The first kappa shape index (κ1) is 13.3. The predicted molar refractivity (Wildman–Crippen MR) is 67.8 cm³/mol. The van der Waals surface area contributed by atoms with E-state index in [0.29, 0.717) is 31.7 Å². The normalized spacial score (nSPS) is 15.6. The van der Waals surface area contributed by atoms with E-state index >= 15 is 0 Å². The van der Waals surface area contributed by atoms with Crippen molar-refractivity contribution in [1.82, 2.24) is 15.5 Å². The maximum Gasteiger partial charge on any atom is 0.311 e. The highest BCUT2D eigenvalue weighted by molar-refractivity contribution is 5.92. The first-order valence-corrected chi connectivity index (χ1v) is 6.16. The Kier molecular flexibility index (Phi) is 3.64. The van der Waals surface area contributed by atoms with Gasteiger partial charge in [-0.3, -0.25) is 9.59 Å². The van der Waals surface area contributed by atoms with Crippen LogP contribution in [0.3, 0.4) is 0 Å². The van der Waals surface area contributed by atoms with Crippen LogP contribution in [0.15, 0.2) is 12.1 Å². The van der Waals surface area contributed by atoms with Gasteiger partial charge in [-0.05, 0) is 31.9 Å². The number of aliphatic carboxylic acids is 1. The van der Waals surface area contributed by atoms with Gasteiger partial charge in [0, 0.05) is 13.1 Å². The molecule has 3 N–H and O–H groups in total. The number of anilines is 1. The number of aromatic nitrogens is 2. The molecule has 7 nitrogen and oxygen atoms in total. The highest BCUT2D eigenvalue weighted by atomic mass is 16.4. The fourth-order valence-electron chi connectivity index (χ4n) is 1.68. The summed E-state index contributed by atoms with van der Waals surface area (Å²) in [5, 5.41) is 22.2. The Labute approximate surface area is 110 Å². The zero-order valence-electron chi connectivity index (χ0n) is 10.6. The third-order valence-corrected chi connectivity index (χ3v) is 3.15. The molecule has 1 amide bonds. The van der Waals surface area contributed by atoms with Crippen molar-refractivity contribution >= 4 is 17.7 Å². The SMILES string of the molecule is CCNC(=O)c1ccc(NCC2(C(=O)O)CC2)nn1. The zero-order chi connectivity index (χ0) is 13.9. The molecule has 1 aromatic heterocycles. The molecule has 1 aromatic rings. The molecule has 102 valence electrons. The lowest BCUT2D eigenvalue weighted by atomic mass is 10.1. The quantitative estimate of drug-likeness (QED) is 0.691. The van der Waals surface area contributed by atoms with E-state index in [4.69, 9.17) is 5.11 Å². The van der Waals surface area contributed by atoms with Gasteiger partial charge in [0.25, 0.3) is 5.91 Å². The monoisotopic (exact) mass is 264 g/mol. The molecular formula is C12H16N4O3. The van der Waals surface area contributed by atoms with Crippen LogP contribution in [0, 0.1) is 5.41 Å². The van der Waals surface area contributed by atoms with Crippen molar-refractivity contribution in [2.24, 2.45) is 5.41 Å². The molecule has 0 atom stereocenters. The van der Waals surface area contributed by atoms with Gasteiger partial charge in [0.2, 0.25) is 0 Å². The summed E-state index contributed by atoms with van der Waals surface area (Å²) in [5.74, 6) is -0.585. The van der Waals surface area contributed by atoms with Crippen molar-refractivity contribution in [3.8, 4) is 0 Å². The van der Waals surface area contributed by atoms with E-state index in [1.54, 1.807) is 12.1 Å². The molecule has 0 bridgehead atoms. The summed E-state index contributed by atoms with van der Waals surface area (Å²) in [5.41, 5.74) is -0.410. The summed E-state index contributed by atoms with van der Waals surface area (Å²) in [6.45, 7) is 2.68. The predicted octanol–water partition coefficient (Wildman–Crippen LogP) is 0.503. The molecular weight excluding hydrogens is 248 g/mol. The van der Waals surface area contributed by atoms with E-state index in [0.717, 1.165) is 0 Å².